The zero-order valence-corrected chi connectivity index (χ0v) is 13.4. The van der Waals surface area contributed by atoms with Crippen LogP contribution in [0.1, 0.15) is 11.9 Å². The van der Waals surface area contributed by atoms with E-state index < -0.39 is 0 Å². The van der Waals surface area contributed by atoms with Gasteiger partial charge in [0.2, 0.25) is 0 Å². The Hall–Kier alpha value is -0.230. The molecule has 1 aromatic heterocycles. The van der Waals surface area contributed by atoms with Gasteiger partial charge in [-0.3, -0.25) is 0 Å². The summed E-state index contributed by atoms with van der Waals surface area (Å²) in [7, 11) is 0. The molecule has 2 aromatic rings. The molecule has 2 N–H and O–H groups in total. The molecule has 0 bridgehead atoms. The van der Waals surface area contributed by atoms with E-state index in [1.54, 1.807) is 11.3 Å². The minimum Gasteiger partial charge on any atom is -0.326 e. The number of thioether (sulfide) groups is 2. The first kappa shape index (κ1) is 13.7. The molecule has 0 radical (unpaired) electrons. The summed E-state index contributed by atoms with van der Waals surface area (Å²) >= 11 is 5.87. The molecule has 0 aliphatic carbocycles. The first-order valence-corrected chi connectivity index (χ1v) is 9.48. The van der Waals surface area contributed by atoms with Crippen molar-refractivity contribution >= 4 is 45.1 Å². The van der Waals surface area contributed by atoms with E-state index in [1.165, 1.54) is 21.2 Å². The second kappa shape index (κ2) is 6.04. The molecule has 102 valence electrons. The van der Waals surface area contributed by atoms with Crippen LogP contribution in [-0.2, 0) is 6.42 Å². The monoisotopic (exact) mass is 310 g/mol. The first-order chi connectivity index (χ1) is 9.24. The lowest BCUT2D eigenvalue weighted by Gasteiger charge is -2.32. The standard InChI is InChI=1S/C14H18N2S3/c1-9-14(18-7-6-17-9)10(15)8-13-16-11-4-2-3-5-12(11)19-13/h2-5,9-10,14H,6-8,15H2,1H3. The van der Waals surface area contributed by atoms with Gasteiger partial charge in [-0.05, 0) is 12.1 Å². The van der Waals surface area contributed by atoms with Crippen LogP contribution in [0.5, 0.6) is 0 Å². The van der Waals surface area contributed by atoms with Gasteiger partial charge in [0.25, 0.3) is 0 Å². The third kappa shape index (κ3) is 3.10. The number of hydrogen-bond acceptors (Lipinski definition) is 5. The van der Waals surface area contributed by atoms with Crippen molar-refractivity contribution in [3.63, 3.8) is 0 Å². The van der Waals surface area contributed by atoms with Crippen molar-refractivity contribution < 1.29 is 0 Å². The molecule has 19 heavy (non-hydrogen) atoms. The summed E-state index contributed by atoms with van der Waals surface area (Å²) < 4.78 is 1.27. The highest BCUT2D eigenvalue weighted by Gasteiger charge is 2.28. The SMILES string of the molecule is CC1SCCSC1C(N)Cc1nc2ccccc2s1. The molecule has 3 unspecified atom stereocenters. The summed E-state index contributed by atoms with van der Waals surface area (Å²) in [6, 6.07) is 8.54. The number of benzene rings is 1. The van der Waals surface area contributed by atoms with Gasteiger partial charge < -0.3 is 5.73 Å². The van der Waals surface area contributed by atoms with Gasteiger partial charge in [0.15, 0.2) is 0 Å². The van der Waals surface area contributed by atoms with E-state index in [4.69, 9.17) is 10.7 Å². The second-order valence-corrected chi connectivity index (χ2v) is 8.74. The number of para-hydroxylation sites is 1. The molecular formula is C14H18N2S3. The van der Waals surface area contributed by atoms with E-state index in [0.29, 0.717) is 10.5 Å². The number of hydrogen-bond donors (Lipinski definition) is 1. The highest BCUT2D eigenvalue weighted by Crippen LogP contribution is 2.34. The molecule has 1 saturated heterocycles. The largest absolute Gasteiger partial charge is 0.326 e. The van der Waals surface area contributed by atoms with Crippen LogP contribution in [0.15, 0.2) is 24.3 Å². The third-order valence-corrected chi connectivity index (χ3v) is 7.74. The molecule has 0 spiro atoms. The lowest BCUT2D eigenvalue weighted by molar-refractivity contribution is 0.621. The predicted molar refractivity (Wildman–Crippen MR) is 89.5 cm³/mol. The molecule has 1 fully saturated rings. The van der Waals surface area contributed by atoms with E-state index in [9.17, 15) is 0 Å². The topological polar surface area (TPSA) is 38.9 Å². The average Bonchev–Trinajstić information content (AvgIpc) is 2.81. The van der Waals surface area contributed by atoms with Gasteiger partial charge in [0.05, 0.1) is 15.2 Å². The Balaban J connectivity index is 1.73. The summed E-state index contributed by atoms with van der Waals surface area (Å²) in [5.74, 6) is 2.49. The lowest BCUT2D eigenvalue weighted by atomic mass is 10.1. The highest BCUT2D eigenvalue weighted by atomic mass is 32.2. The Kier molecular flexibility index (Phi) is 4.37. The maximum Gasteiger partial charge on any atom is 0.0954 e. The Labute approximate surface area is 126 Å². The van der Waals surface area contributed by atoms with E-state index in [0.717, 1.165) is 11.9 Å². The number of nitrogens with zero attached hydrogens (tertiary/aromatic N) is 1. The van der Waals surface area contributed by atoms with E-state index in [2.05, 4.69) is 36.9 Å². The van der Waals surface area contributed by atoms with Gasteiger partial charge in [-0.15, -0.1) is 11.3 Å². The predicted octanol–water partition coefficient (Wildman–Crippen LogP) is 3.40. The maximum absolute atomic E-state index is 6.43. The average molecular weight is 311 g/mol. The minimum atomic E-state index is 0.216. The van der Waals surface area contributed by atoms with Crippen LogP contribution in [0, 0.1) is 0 Å². The Bertz CT molecular complexity index is 521. The Morgan fingerprint density at radius 2 is 2.11 bits per heavy atom. The van der Waals surface area contributed by atoms with Crippen LogP contribution < -0.4 is 5.73 Å². The Morgan fingerprint density at radius 1 is 1.32 bits per heavy atom. The molecule has 0 amide bonds. The van der Waals surface area contributed by atoms with Crippen molar-refractivity contribution in [2.45, 2.75) is 29.9 Å². The minimum absolute atomic E-state index is 0.216. The lowest BCUT2D eigenvalue weighted by Crippen LogP contribution is -2.42. The normalized spacial score (nSPS) is 25.6. The van der Waals surface area contributed by atoms with Gasteiger partial charge in [0.1, 0.15) is 0 Å². The number of aromatic nitrogens is 1. The Morgan fingerprint density at radius 3 is 2.89 bits per heavy atom. The molecule has 2 nitrogen and oxygen atoms in total. The fourth-order valence-electron chi connectivity index (χ4n) is 2.45. The van der Waals surface area contributed by atoms with Crippen molar-refractivity contribution in [3.8, 4) is 0 Å². The molecule has 2 heterocycles. The second-order valence-electron chi connectivity index (χ2n) is 4.85. The van der Waals surface area contributed by atoms with Gasteiger partial charge in [-0.25, -0.2) is 4.98 Å². The van der Waals surface area contributed by atoms with Crippen LogP contribution in [-0.4, -0.2) is 33.0 Å². The summed E-state index contributed by atoms with van der Waals surface area (Å²) in [4.78, 5) is 4.70. The molecule has 3 atom stereocenters. The first-order valence-electron chi connectivity index (χ1n) is 6.57. The number of thiazole rings is 1. The molecule has 1 aromatic carbocycles. The number of fused-ring (bicyclic) bond motifs is 1. The number of rotatable bonds is 3. The number of nitrogens with two attached hydrogens (primary N) is 1. The zero-order chi connectivity index (χ0) is 13.2. The van der Waals surface area contributed by atoms with Crippen molar-refractivity contribution in [1.29, 1.82) is 0 Å². The van der Waals surface area contributed by atoms with Crippen molar-refractivity contribution in [2.24, 2.45) is 5.73 Å². The van der Waals surface area contributed by atoms with Crippen LogP contribution >= 0.6 is 34.9 Å². The van der Waals surface area contributed by atoms with E-state index in [-0.39, 0.29) is 6.04 Å². The van der Waals surface area contributed by atoms with E-state index in [1.807, 2.05) is 17.8 Å². The van der Waals surface area contributed by atoms with Crippen LogP contribution in [0.2, 0.25) is 0 Å². The smallest absolute Gasteiger partial charge is 0.0954 e. The third-order valence-electron chi connectivity index (χ3n) is 3.41. The van der Waals surface area contributed by atoms with Crippen LogP contribution in [0.25, 0.3) is 10.2 Å². The van der Waals surface area contributed by atoms with Crippen molar-refractivity contribution in [1.82, 2.24) is 4.98 Å². The maximum atomic E-state index is 6.43. The molecule has 1 aliphatic heterocycles. The quantitative estimate of drug-likeness (QED) is 0.943. The summed E-state index contributed by atoms with van der Waals surface area (Å²) in [5.41, 5.74) is 7.53. The van der Waals surface area contributed by atoms with Crippen LogP contribution in [0.4, 0.5) is 0 Å². The molecular weight excluding hydrogens is 292 g/mol. The van der Waals surface area contributed by atoms with Crippen molar-refractivity contribution in [2.75, 3.05) is 11.5 Å². The zero-order valence-electron chi connectivity index (χ0n) is 10.9. The van der Waals surface area contributed by atoms with Gasteiger partial charge in [-0.1, -0.05) is 19.1 Å². The molecule has 3 rings (SSSR count). The fraction of sp³-hybridized carbons (Fsp3) is 0.500. The van der Waals surface area contributed by atoms with Gasteiger partial charge >= 0.3 is 0 Å². The van der Waals surface area contributed by atoms with Gasteiger partial charge in [0, 0.05) is 34.5 Å². The van der Waals surface area contributed by atoms with Crippen LogP contribution in [0.3, 0.4) is 0 Å². The molecule has 0 saturated carbocycles. The summed E-state index contributed by atoms with van der Waals surface area (Å²) in [6.07, 6.45) is 0.905. The summed E-state index contributed by atoms with van der Waals surface area (Å²) in [5, 5.41) is 2.39. The van der Waals surface area contributed by atoms with Gasteiger partial charge in [-0.2, -0.15) is 23.5 Å². The van der Waals surface area contributed by atoms with Crippen molar-refractivity contribution in [3.05, 3.63) is 29.3 Å². The summed E-state index contributed by atoms with van der Waals surface area (Å²) in [6.45, 7) is 2.31. The fourth-order valence-corrected chi connectivity index (χ4v) is 6.37. The van der Waals surface area contributed by atoms with E-state index >= 15 is 0 Å². The highest BCUT2D eigenvalue weighted by molar-refractivity contribution is 8.07. The molecule has 5 heteroatoms. The molecule has 1 aliphatic rings.